The summed E-state index contributed by atoms with van der Waals surface area (Å²) in [6.45, 7) is 3.39. The van der Waals surface area contributed by atoms with Gasteiger partial charge in [0.15, 0.2) is 0 Å². The Hall–Kier alpha value is -4.51. The lowest BCUT2D eigenvalue weighted by Gasteiger charge is -2.26. The summed E-state index contributed by atoms with van der Waals surface area (Å²) in [4.78, 5) is 62.1. The highest BCUT2D eigenvalue weighted by atomic mass is 79.9. The van der Waals surface area contributed by atoms with Crippen LogP contribution in [0, 0.1) is 13.8 Å². The third-order valence-corrected chi connectivity index (χ3v) is 6.16. The molecule has 0 bridgehead atoms. The van der Waals surface area contributed by atoms with E-state index in [-0.39, 0.29) is 28.1 Å². The molecule has 0 saturated carbocycles. The van der Waals surface area contributed by atoms with Crippen LogP contribution in [0.1, 0.15) is 37.7 Å². The molecule has 0 aliphatic carbocycles. The fourth-order valence-electron chi connectivity index (χ4n) is 3.96. The second kappa shape index (κ2) is 9.27. The van der Waals surface area contributed by atoms with Crippen molar-refractivity contribution in [3.63, 3.8) is 0 Å². The summed E-state index contributed by atoms with van der Waals surface area (Å²) in [6.07, 6.45) is 1.34. The number of carboxylic acids is 2. The highest BCUT2D eigenvalue weighted by Crippen LogP contribution is 2.27. The number of nitrogens with one attached hydrogen (secondary N) is 1. The minimum Gasteiger partial charge on any atom is -0.478 e. The van der Waals surface area contributed by atoms with Gasteiger partial charge in [0, 0.05) is 21.5 Å². The molecule has 0 atom stereocenters. The minimum absolute atomic E-state index is 0.206. The number of carbonyl (C=O) groups excluding carboxylic acids is 3. The number of rotatable bonds is 5. The fourth-order valence-corrected chi connectivity index (χ4v) is 4.22. The number of urea groups is 1. The highest BCUT2D eigenvalue weighted by molar-refractivity contribution is 9.10. The van der Waals surface area contributed by atoms with Crippen LogP contribution in [0.25, 0.3) is 11.8 Å². The number of aryl methyl sites for hydroxylation is 1. The third kappa shape index (κ3) is 4.43. The Bertz CT molecular complexity index is 1470. The normalized spacial score (nSPS) is 14.8. The molecule has 3 aromatic rings. The van der Waals surface area contributed by atoms with Gasteiger partial charge in [0.25, 0.3) is 11.8 Å². The Kier molecular flexibility index (Phi) is 6.34. The van der Waals surface area contributed by atoms with Gasteiger partial charge < -0.3 is 14.8 Å². The fraction of sp³-hybridized carbons (Fsp3) is 0.0800. The van der Waals surface area contributed by atoms with E-state index >= 15 is 0 Å². The maximum Gasteiger partial charge on any atom is 0.335 e. The summed E-state index contributed by atoms with van der Waals surface area (Å²) in [5.41, 5.74) is 1.45. The number of barbiturate groups is 1. The first-order valence-corrected chi connectivity index (χ1v) is 11.2. The molecule has 182 valence electrons. The number of halogens is 1. The lowest BCUT2D eigenvalue weighted by molar-refractivity contribution is -0.122. The Morgan fingerprint density at radius 3 is 2.03 bits per heavy atom. The van der Waals surface area contributed by atoms with E-state index in [9.17, 15) is 34.2 Å². The Balaban J connectivity index is 1.80. The summed E-state index contributed by atoms with van der Waals surface area (Å²) < 4.78 is 2.36. The number of benzene rings is 2. The average Bonchev–Trinajstić information content (AvgIpc) is 3.10. The Morgan fingerprint density at radius 2 is 1.47 bits per heavy atom. The molecule has 1 aliphatic heterocycles. The van der Waals surface area contributed by atoms with Gasteiger partial charge in [-0.2, -0.15) is 0 Å². The molecular formula is C25H18BrN3O7. The monoisotopic (exact) mass is 551 g/mol. The molecule has 4 amide bonds. The van der Waals surface area contributed by atoms with E-state index in [0.29, 0.717) is 17.0 Å². The van der Waals surface area contributed by atoms with Gasteiger partial charge in [-0.3, -0.25) is 14.9 Å². The van der Waals surface area contributed by atoms with Crippen molar-refractivity contribution < 1.29 is 34.2 Å². The Labute approximate surface area is 212 Å². The number of carboxylic acid groups (broad SMARTS) is 2. The summed E-state index contributed by atoms with van der Waals surface area (Å²) in [7, 11) is 0. The minimum atomic E-state index is -1.29. The molecule has 1 fully saturated rings. The van der Waals surface area contributed by atoms with Gasteiger partial charge in [-0.25, -0.2) is 19.3 Å². The van der Waals surface area contributed by atoms with Gasteiger partial charge >= 0.3 is 18.0 Å². The quantitative estimate of drug-likeness (QED) is 0.321. The molecule has 4 rings (SSSR count). The van der Waals surface area contributed by atoms with Crippen molar-refractivity contribution in [2.75, 3.05) is 4.90 Å². The Morgan fingerprint density at radius 1 is 0.889 bits per heavy atom. The first kappa shape index (κ1) is 24.6. The van der Waals surface area contributed by atoms with Crippen LogP contribution >= 0.6 is 15.9 Å². The number of aromatic nitrogens is 1. The number of carbonyl (C=O) groups is 5. The van der Waals surface area contributed by atoms with E-state index < -0.39 is 29.8 Å². The molecule has 36 heavy (non-hydrogen) atoms. The van der Waals surface area contributed by atoms with Crippen LogP contribution < -0.4 is 10.2 Å². The lowest BCUT2D eigenvalue weighted by atomic mass is 10.1. The second-order valence-electron chi connectivity index (χ2n) is 7.98. The molecule has 0 spiro atoms. The SMILES string of the molecule is Cc1cc(/C=C2\C(=O)NC(=O)N(c3ccc(Br)cc3)C2=O)c(C)n1-c1cc(C(=O)O)cc(C(=O)O)c1. The van der Waals surface area contributed by atoms with E-state index in [0.717, 1.165) is 15.4 Å². The van der Waals surface area contributed by atoms with Crippen molar-refractivity contribution in [1.29, 1.82) is 0 Å². The summed E-state index contributed by atoms with van der Waals surface area (Å²) in [5.74, 6) is -4.24. The summed E-state index contributed by atoms with van der Waals surface area (Å²) in [6, 6.07) is 10.9. The molecular weight excluding hydrogens is 534 g/mol. The first-order valence-electron chi connectivity index (χ1n) is 10.5. The van der Waals surface area contributed by atoms with Crippen LogP contribution in [0.3, 0.4) is 0 Å². The number of aromatic carboxylic acids is 2. The summed E-state index contributed by atoms with van der Waals surface area (Å²) >= 11 is 3.29. The molecule has 1 aliphatic rings. The zero-order chi connectivity index (χ0) is 26.3. The zero-order valence-corrected chi connectivity index (χ0v) is 20.5. The standard InChI is InChI=1S/C25H18BrN3O7/c1-12-7-14(13(2)28(12)19-9-15(23(32)33)8-16(10-19)24(34)35)11-20-21(30)27-25(36)29(22(20)31)18-5-3-17(26)4-6-18/h3-11H,1-2H3,(H,32,33)(H,34,35)(H,27,30,36)/b20-11+. The molecule has 1 saturated heterocycles. The number of imide groups is 2. The maximum atomic E-state index is 13.2. The summed E-state index contributed by atoms with van der Waals surface area (Å²) in [5, 5.41) is 21.0. The van der Waals surface area contributed by atoms with Gasteiger partial charge in [0.2, 0.25) is 0 Å². The van der Waals surface area contributed by atoms with Crippen LogP contribution in [0.2, 0.25) is 0 Å². The molecule has 1 aromatic heterocycles. The number of amides is 4. The van der Waals surface area contributed by atoms with Crippen molar-refractivity contribution >= 4 is 57.5 Å². The van der Waals surface area contributed by atoms with Gasteiger partial charge in [0.05, 0.1) is 16.8 Å². The van der Waals surface area contributed by atoms with E-state index in [2.05, 4.69) is 21.2 Å². The lowest BCUT2D eigenvalue weighted by Crippen LogP contribution is -2.54. The number of anilines is 1. The largest absolute Gasteiger partial charge is 0.478 e. The van der Waals surface area contributed by atoms with Crippen molar-refractivity contribution in [3.05, 3.63) is 86.7 Å². The van der Waals surface area contributed by atoms with Crippen LogP contribution in [0.4, 0.5) is 10.5 Å². The predicted octanol–water partition coefficient (Wildman–Crippen LogP) is 3.92. The molecule has 0 unspecified atom stereocenters. The zero-order valence-electron chi connectivity index (χ0n) is 18.9. The highest BCUT2D eigenvalue weighted by Gasteiger charge is 2.37. The number of hydrogen-bond acceptors (Lipinski definition) is 5. The van der Waals surface area contributed by atoms with Crippen LogP contribution in [-0.2, 0) is 9.59 Å². The molecule has 3 N–H and O–H groups in total. The molecule has 2 heterocycles. The molecule has 0 radical (unpaired) electrons. The van der Waals surface area contributed by atoms with E-state index in [4.69, 9.17) is 0 Å². The van der Waals surface area contributed by atoms with Crippen LogP contribution in [0.15, 0.2) is 58.6 Å². The van der Waals surface area contributed by atoms with Gasteiger partial charge in [-0.05, 0) is 74.0 Å². The number of nitrogens with zero attached hydrogens (tertiary/aromatic N) is 2. The number of hydrogen-bond donors (Lipinski definition) is 3. The van der Waals surface area contributed by atoms with E-state index in [1.165, 1.54) is 18.2 Å². The van der Waals surface area contributed by atoms with Crippen molar-refractivity contribution in [1.82, 2.24) is 9.88 Å². The molecule has 11 heteroatoms. The van der Waals surface area contributed by atoms with Gasteiger partial charge in [-0.1, -0.05) is 15.9 Å². The maximum absolute atomic E-state index is 13.2. The van der Waals surface area contributed by atoms with Gasteiger partial charge in [0.1, 0.15) is 5.57 Å². The van der Waals surface area contributed by atoms with E-state index in [1.807, 2.05) is 0 Å². The van der Waals surface area contributed by atoms with E-state index in [1.54, 1.807) is 48.7 Å². The van der Waals surface area contributed by atoms with Gasteiger partial charge in [-0.15, -0.1) is 0 Å². The van der Waals surface area contributed by atoms with Crippen LogP contribution in [0.5, 0.6) is 0 Å². The molecule has 10 nitrogen and oxygen atoms in total. The van der Waals surface area contributed by atoms with Crippen LogP contribution in [-0.4, -0.2) is 44.6 Å². The van der Waals surface area contributed by atoms with Crippen molar-refractivity contribution in [2.24, 2.45) is 0 Å². The molecule has 2 aromatic carbocycles. The first-order chi connectivity index (χ1) is 17.0. The topological polar surface area (TPSA) is 146 Å². The smallest absolute Gasteiger partial charge is 0.335 e. The third-order valence-electron chi connectivity index (χ3n) is 5.63. The predicted molar refractivity (Wildman–Crippen MR) is 132 cm³/mol. The van der Waals surface area contributed by atoms with Crippen molar-refractivity contribution in [2.45, 2.75) is 13.8 Å². The second-order valence-corrected chi connectivity index (χ2v) is 8.89. The average molecular weight is 552 g/mol. The van der Waals surface area contributed by atoms with Crippen molar-refractivity contribution in [3.8, 4) is 5.69 Å².